The highest BCUT2D eigenvalue weighted by atomic mass is 79.9. The third-order valence-electron chi connectivity index (χ3n) is 3.47. The SMILES string of the molecule is CCCNC1c2cc(Br)ccc2CSC1C(C)C. The van der Waals surface area contributed by atoms with E-state index in [2.05, 4.69) is 72.0 Å². The number of hydrogen-bond acceptors (Lipinski definition) is 2. The van der Waals surface area contributed by atoms with Gasteiger partial charge >= 0.3 is 0 Å². The molecule has 0 spiro atoms. The Morgan fingerprint density at radius 3 is 2.89 bits per heavy atom. The van der Waals surface area contributed by atoms with Gasteiger partial charge in [-0.2, -0.15) is 11.8 Å². The molecule has 1 aliphatic heterocycles. The number of thioether (sulfide) groups is 1. The summed E-state index contributed by atoms with van der Waals surface area (Å²) in [5.41, 5.74) is 2.99. The molecular weight excluding hydrogens is 306 g/mol. The van der Waals surface area contributed by atoms with Crippen molar-refractivity contribution in [3.63, 3.8) is 0 Å². The quantitative estimate of drug-likeness (QED) is 0.855. The maximum atomic E-state index is 3.74. The van der Waals surface area contributed by atoms with Crippen LogP contribution in [0.25, 0.3) is 0 Å². The lowest BCUT2D eigenvalue weighted by Crippen LogP contribution is -2.36. The summed E-state index contributed by atoms with van der Waals surface area (Å²) in [6, 6.07) is 7.23. The monoisotopic (exact) mass is 327 g/mol. The number of fused-ring (bicyclic) bond motifs is 1. The van der Waals surface area contributed by atoms with Crippen molar-refractivity contribution >= 4 is 27.7 Å². The minimum absolute atomic E-state index is 0.496. The second kappa shape index (κ2) is 6.44. The Hall–Kier alpha value is 0.01000. The molecule has 2 atom stereocenters. The van der Waals surface area contributed by atoms with Crippen LogP contribution in [0, 0.1) is 5.92 Å². The average Bonchev–Trinajstić information content (AvgIpc) is 2.35. The van der Waals surface area contributed by atoms with Crippen LogP contribution < -0.4 is 5.32 Å². The lowest BCUT2D eigenvalue weighted by Gasteiger charge is -2.36. The van der Waals surface area contributed by atoms with Crippen molar-refractivity contribution in [2.24, 2.45) is 5.92 Å². The van der Waals surface area contributed by atoms with Crippen molar-refractivity contribution in [2.45, 2.75) is 44.2 Å². The summed E-state index contributed by atoms with van der Waals surface area (Å²) >= 11 is 5.71. The fraction of sp³-hybridized carbons (Fsp3) is 0.600. The zero-order valence-corrected chi connectivity index (χ0v) is 13.8. The molecule has 1 aliphatic rings. The first-order valence-electron chi connectivity index (χ1n) is 6.76. The summed E-state index contributed by atoms with van der Waals surface area (Å²) in [6.45, 7) is 8.00. The van der Waals surface area contributed by atoms with E-state index in [0.29, 0.717) is 17.2 Å². The van der Waals surface area contributed by atoms with Crippen LogP contribution in [0.15, 0.2) is 22.7 Å². The molecule has 2 unspecified atom stereocenters. The van der Waals surface area contributed by atoms with Crippen LogP contribution in [-0.4, -0.2) is 11.8 Å². The van der Waals surface area contributed by atoms with E-state index in [-0.39, 0.29) is 0 Å². The minimum Gasteiger partial charge on any atom is -0.309 e. The topological polar surface area (TPSA) is 12.0 Å². The molecule has 1 aromatic carbocycles. The van der Waals surface area contributed by atoms with Crippen molar-refractivity contribution < 1.29 is 0 Å². The summed E-state index contributed by atoms with van der Waals surface area (Å²) in [7, 11) is 0. The Kier molecular flexibility index (Phi) is 5.16. The zero-order valence-electron chi connectivity index (χ0n) is 11.4. The fourth-order valence-corrected chi connectivity index (χ4v) is 4.38. The molecule has 0 aromatic heterocycles. The highest BCUT2D eigenvalue weighted by molar-refractivity contribution is 9.10. The van der Waals surface area contributed by atoms with Gasteiger partial charge in [0, 0.05) is 21.5 Å². The molecule has 0 radical (unpaired) electrons. The lowest BCUT2D eigenvalue weighted by atomic mass is 9.92. The molecule has 1 heterocycles. The van der Waals surface area contributed by atoms with Crippen LogP contribution in [0.2, 0.25) is 0 Å². The highest BCUT2D eigenvalue weighted by Crippen LogP contribution is 2.41. The van der Waals surface area contributed by atoms with Gasteiger partial charge in [0.25, 0.3) is 0 Å². The van der Waals surface area contributed by atoms with E-state index in [9.17, 15) is 0 Å². The standard InChI is InChI=1S/C15H22BrNS/c1-4-7-17-14-13-8-12(16)6-5-11(13)9-18-15(14)10(2)3/h5-6,8,10,14-15,17H,4,7,9H2,1-3H3. The van der Waals surface area contributed by atoms with Crippen LogP contribution in [0.4, 0.5) is 0 Å². The van der Waals surface area contributed by atoms with Crippen molar-refractivity contribution in [1.29, 1.82) is 0 Å². The highest BCUT2D eigenvalue weighted by Gasteiger charge is 2.31. The van der Waals surface area contributed by atoms with E-state index in [1.54, 1.807) is 0 Å². The summed E-state index contributed by atoms with van der Waals surface area (Å²) in [4.78, 5) is 0. The van der Waals surface area contributed by atoms with Crippen molar-refractivity contribution in [3.05, 3.63) is 33.8 Å². The predicted molar refractivity (Wildman–Crippen MR) is 85.1 cm³/mol. The molecule has 1 nitrogen and oxygen atoms in total. The summed E-state index contributed by atoms with van der Waals surface area (Å²) in [5, 5.41) is 4.42. The van der Waals surface area contributed by atoms with Crippen LogP contribution >= 0.6 is 27.7 Å². The van der Waals surface area contributed by atoms with Crippen molar-refractivity contribution in [2.75, 3.05) is 6.54 Å². The van der Waals surface area contributed by atoms with Gasteiger partial charge in [0.2, 0.25) is 0 Å². The van der Waals surface area contributed by atoms with Crippen LogP contribution in [0.1, 0.15) is 44.4 Å². The Labute approximate surface area is 123 Å². The summed E-state index contributed by atoms with van der Waals surface area (Å²) in [6.07, 6.45) is 1.19. The van der Waals surface area contributed by atoms with E-state index in [4.69, 9.17) is 0 Å². The first-order valence-corrected chi connectivity index (χ1v) is 8.61. The molecule has 0 fully saturated rings. The maximum absolute atomic E-state index is 3.74. The largest absolute Gasteiger partial charge is 0.309 e. The van der Waals surface area contributed by atoms with E-state index >= 15 is 0 Å². The predicted octanol–water partition coefficient (Wildman–Crippen LogP) is 4.76. The summed E-state index contributed by atoms with van der Waals surface area (Å²) in [5.74, 6) is 1.85. The second-order valence-electron chi connectivity index (χ2n) is 5.29. The normalized spacial score (nSPS) is 23.2. The first-order chi connectivity index (χ1) is 8.63. The van der Waals surface area contributed by atoms with E-state index < -0.39 is 0 Å². The molecule has 0 aliphatic carbocycles. The van der Waals surface area contributed by atoms with Gasteiger partial charge in [-0.05, 0) is 42.1 Å². The van der Waals surface area contributed by atoms with Gasteiger partial charge in [-0.3, -0.25) is 0 Å². The Morgan fingerprint density at radius 2 is 2.22 bits per heavy atom. The van der Waals surface area contributed by atoms with Crippen LogP contribution in [0.5, 0.6) is 0 Å². The van der Waals surface area contributed by atoms with Crippen molar-refractivity contribution in [1.82, 2.24) is 5.32 Å². The second-order valence-corrected chi connectivity index (χ2v) is 7.38. The first kappa shape index (κ1) is 14.4. The van der Waals surface area contributed by atoms with Crippen molar-refractivity contribution in [3.8, 4) is 0 Å². The Morgan fingerprint density at radius 1 is 1.44 bits per heavy atom. The van der Waals surface area contributed by atoms with Gasteiger partial charge in [0.05, 0.1) is 0 Å². The minimum atomic E-state index is 0.496. The molecule has 1 aromatic rings. The molecule has 2 rings (SSSR count). The van der Waals surface area contributed by atoms with Gasteiger partial charge in [-0.25, -0.2) is 0 Å². The Bertz CT molecular complexity index is 405. The van der Waals surface area contributed by atoms with Gasteiger partial charge in [0.15, 0.2) is 0 Å². The van der Waals surface area contributed by atoms with E-state index in [1.165, 1.54) is 22.0 Å². The molecule has 0 saturated heterocycles. The molecule has 0 saturated carbocycles. The number of nitrogens with one attached hydrogen (secondary N) is 1. The molecule has 3 heteroatoms. The number of hydrogen-bond donors (Lipinski definition) is 1. The smallest absolute Gasteiger partial charge is 0.0446 e. The molecule has 0 bridgehead atoms. The molecule has 18 heavy (non-hydrogen) atoms. The zero-order chi connectivity index (χ0) is 13.1. The fourth-order valence-electron chi connectivity index (χ4n) is 2.55. The molecule has 0 amide bonds. The average molecular weight is 328 g/mol. The molecule has 1 N–H and O–H groups in total. The maximum Gasteiger partial charge on any atom is 0.0446 e. The van der Waals surface area contributed by atoms with Gasteiger partial charge in [-0.1, -0.05) is 42.8 Å². The van der Waals surface area contributed by atoms with Gasteiger partial charge in [-0.15, -0.1) is 0 Å². The third kappa shape index (κ3) is 3.12. The Balaban J connectivity index is 2.31. The third-order valence-corrected chi connectivity index (χ3v) is 5.65. The molecular formula is C15H22BrNS. The summed E-state index contributed by atoms with van der Waals surface area (Å²) < 4.78 is 1.19. The number of benzene rings is 1. The van der Waals surface area contributed by atoms with E-state index in [0.717, 1.165) is 12.3 Å². The molecule has 100 valence electrons. The number of rotatable bonds is 4. The number of halogens is 1. The van der Waals surface area contributed by atoms with Gasteiger partial charge in [0.1, 0.15) is 0 Å². The van der Waals surface area contributed by atoms with E-state index in [1.807, 2.05) is 0 Å². The van der Waals surface area contributed by atoms with Gasteiger partial charge < -0.3 is 5.32 Å². The lowest BCUT2D eigenvalue weighted by molar-refractivity contribution is 0.438. The van der Waals surface area contributed by atoms with Crippen LogP contribution in [0.3, 0.4) is 0 Å². The van der Waals surface area contributed by atoms with Crippen LogP contribution in [-0.2, 0) is 5.75 Å².